The van der Waals surface area contributed by atoms with Crippen molar-refractivity contribution in [3.63, 3.8) is 0 Å². The van der Waals surface area contributed by atoms with Gasteiger partial charge in [-0.1, -0.05) is 0 Å². The molecule has 1 fully saturated rings. The Labute approximate surface area is 130 Å². The van der Waals surface area contributed by atoms with Crippen LogP contribution in [0.3, 0.4) is 0 Å². The van der Waals surface area contributed by atoms with Crippen LogP contribution in [0.15, 0.2) is 15.7 Å². The van der Waals surface area contributed by atoms with E-state index in [9.17, 15) is 9.90 Å². The zero-order chi connectivity index (χ0) is 14.9. The first-order valence-electron chi connectivity index (χ1n) is 6.26. The molecule has 1 aliphatic heterocycles. The van der Waals surface area contributed by atoms with Gasteiger partial charge in [0.15, 0.2) is 0 Å². The Hall–Kier alpha value is -1.02. The van der Waals surface area contributed by atoms with Gasteiger partial charge in [0.2, 0.25) is 5.95 Å². The molecule has 1 N–H and O–H groups in total. The van der Waals surface area contributed by atoms with E-state index in [2.05, 4.69) is 25.9 Å². The van der Waals surface area contributed by atoms with Crippen molar-refractivity contribution in [1.29, 1.82) is 0 Å². The van der Waals surface area contributed by atoms with E-state index < -0.39 is 6.09 Å². The molecule has 20 heavy (non-hydrogen) atoms. The van der Waals surface area contributed by atoms with Gasteiger partial charge in [-0.15, -0.1) is 11.8 Å². The summed E-state index contributed by atoms with van der Waals surface area (Å²) >= 11 is 4.97. The van der Waals surface area contributed by atoms with Crippen LogP contribution in [0.25, 0.3) is 0 Å². The van der Waals surface area contributed by atoms with E-state index in [1.165, 1.54) is 4.90 Å². The number of halogens is 1. The molecule has 1 amide bonds. The third-order valence-electron chi connectivity index (χ3n) is 3.32. The zero-order valence-corrected chi connectivity index (χ0v) is 14.0. The Bertz CT molecular complexity index is 504. The molecule has 0 aliphatic carbocycles. The van der Waals surface area contributed by atoms with E-state index in [4.69, 9.17) is 0 Å². The second kappa shape index (κ2) is 6.17. The van der Waals surface area contributed by atoms with Crippen molar-refractivity contribution in [2.45, 2.75) is 31.0 Å². The highest BCUT2D eigenvalue weighted by atomic mass is 79.9. The van der Waals surface area contributed by atoms with Gasteiger partial charge in [0.1, 0.15) is 5.03 Å². The maximum Gasteiger partial charge on any atom is 0.407 e. The number of nitrogens with zero attached hydrogens (tertiary/aromatic N) is 4. The van der Waals surface area contributed by atoms with Gasteiger partial charge >= 0.3 is 6.09 Å². The summed E-state index contributed by atoms with van der Waals surface area (Å²) in [4.78, 5) is 23.6. The van der Waals surface area contributed by atoms with E-state index in [0.717, 1.165) is 9.50 Å². The highest BCUT2D eigenvalue weighted by Gasteiger charge is 2.33. The van der Waals surface area contributed by atoms with Gasteiger partial charge in [0, 0.05) is 19.3 Å². The lowest BCUT2D eigenvalue weighted by atomic mass is 10.1. The van der Waals surface area contributed by atoms with Crippen molar-refractivity contribution in [3.05, 3.63) is 10.7 Å². The van der Waals surface area contributed by atoms with Gasteiger partial charge in [-0.05, 0) is 36.0 Å². The molecule has 8 heteroatoms. The molecule has 110 valence electrons. The molecule has 0 unspecified atom stereocenters. The minimum Gasteiger partial charge on any atom is -0.465 e. The van der Waals surface area contributed by atoms with Gasteiger partial charge in [-0.25, -0.2) is 14.8 Å². The van der Waals surface area contributed by atoms with Crippen LogP contribution in [0, 0.1) is 0 Å². The van der Waals surface area contributed by atoms with Crippen molar-refractivity contribution in [2.75, 3.05) is 24.2 Å². The lowest BCUT2D eigenvalue weighted by Crippen LogP contribution is -2.58. The number of thioether (sulfide) groups is 1. The third kappa shape index (κ3) is 3.01. The van der Waals surface area contributed by atoms with Crippen LogP contribution in [-0.4, -0.2) is 57.5 Å². The van der Waals surface area contributed by atoms with Gasteiger partial charge in [0.25, 0.3) is 0 Å². The summed E-state index contributed by atoms with van der Waals surface area (Å²) in [5.41, 5.74) is 0. The number of amides is 1. The molecule has 0 saturated carbocycles. The summed E-state index contributed by atoms with van der Waals surface area (Å²) in [7, 11) is 0. The third-order valence-corrected chi connectivity index (χ3v) is 4.86. The number of hydrogen-bond donors (Lipinski definition) is 1. The van der Waals surface area contributed by atoms with Crippen LogP contribution in [-0.2, 0) is 0 Å². The lowest BCUT2D eigenvalue weighted by molar-refractivity contribution is 0.0979. The summed E-state index contributed by atoms with van der Waals surface area (Å²) in [6.45, 7) is 5.02. The highest BCUT2D eigenvalue weighted by molar-refractivity contribution is 9.10. The van der Waals surface area contributed by atoms with E-state index in [0.29, 0.717) is 19.0 Å². The lowest BCUT2D eigenvalue weighted by Gasteiger charge is -2.42. The number of anilines is 1. The number of rotatable bonds is 2. The molecule has 1 aromatic rings. The number of carbonyl (C=O) groups is 1. The summed E-state index contributed by atoms with van der Waals surface area (Å²) in [5, 5.41) is 10.1. The summed E-state index contributed by atoms with van der Waals surface area (Å²) in [6, 6.07) is -0.164. The Morgan fingerprint density at radius 1 is 1.45 bits per heavy atom. The molecule has 2 rings (SSSR count). The Morgan fingerprint density at radius 3 is 2.55 bits per heavy atom. The average Bonchev–Trinajstić information content (AvgIpc) is 2.37. The first kappa shape index (κ1) is 15.4. The maximum absolute atomic E-state index is 11.2. The Morgan fingerprint density at radius 2 is 2.05 bits per heavy atom. The average molecular weight is 361 g/mol. The molecular weight excluding hydrogens is 344 g/mol. The maximum atomic E-state index is 11.2. The first-order chi connectivity index (χ1) is 9.43. The van der Waals surface area contributed by atoms with Gasteiger partial charge in [-0.3, -0.25) is 4.90 Å². The molecule has 0 bridgehead atoms. The minimum absolute atomic E-state index is 0.0822. The fourth-order valence-electron chi connectivity index (χ4n) is 2.50. The van der Waals surface area contributed by atoms with Crippen molar-refractivity contribution in [2.24, 2.45) is 0 Å². The molecule has 0 spiro atoms. The molecule has 2 atom stereocenters. The van der Waals surface area contributed by atoms with Crippen molar-refractivity contribution < 1.29 is 9.90 Å². The van der Waals surface area contributed by atoms with E-state index in [1.54, 1.807) is 18.0 Å². The minimum atomic E-state index is -0.869. The molecule has 0 aromatic carbocycles. The summed E-state index contributed by atoms with van der Waals surface area (Å²) in [5.74, 6) is 0.654. The van der Waals surface area contributed by atoms with Crippen LogP contribution < -0.4 is 4.90 Å². The van der Waals surface area contributed by atoms with Crippen LogP contribution in [0.1, 0.15) is 13.8 Å². The topological polar surface area (TPSA) is 69.6 Å². The largest absolute Gasteiger partial charge is 0.465 e. The molecule has 1 aromatic heterocycles. The predicted octanol–water partition coefficient (Wildman–Crippen LogP) is 2.54. The van der Waals surface area contributed by atoms with Crippen LogP contribution in [0.4, 0.5) is 10.7 Å². The molecule has 1 saturated heterocycles. The van der Waals surface area contributed by atoms with Gasteiger partial charge in [0.05, 0.1) is 16.6 Å². The van der Waals surface area contributed by atoms with Crippen molar-refractivity contribution in [1.82, 2.24) is 14.9 Å². The van der Waals surface area contributed by atoms with Crippen LogP contribution in [0.5, 0.6) is 0 Å². The number of piperazine rings is 1. The number of aromatic nitrogens is 2. The number of carboxylic acid groups (broad SMARTS) is 1. The Kier molecular flexibility index (Phi) is 4.74. The monoisotopic (exact) mass is 360 g/mol. The van der Waals surface area contributed by atoms with Gasteiger partial charge in [-0.2, -0.15) is 0 Å². The normalized spacial score (nSPS) is 23.0. The fourth-order valence-corrected chi connectivity index (χ4v) is 3.60. The molecule has 2 heterocycles. The molecule has 0 radical (unpaired) electrons. The highest BCUT2D eigenvalue weighted by Crippen LogP contribution is 2.26. The van der Waals surface area contributed by atoms with E-state index >= 15 is 0 Å². The smallest absolute Gasteiger partial charge is 0.407 e. The number of hydrogen-bond acceptors (Lipinski definition) is 5. The van der Waals surface area contributed by atoms with Crippen LogP contribution in [0.2, 0.25) is 0 Å². The van der Waals surface area contributed by atoms with Crippen LogP contribution >= 0.6 is 27.7 Å². The second-order valence-electron chi connectivity index (χ2n) is 4.82. The van der Waals surface area contributed by atoms with E-state index in [-0.39, 0.29) is 12.1 Å². The molecule has 6 nitrogen and oxygen atoms in total. The quantitative estimate of drug-likeness (QED) is 0.645. The predicted molar refractivity (Wildman–Crippen MR) is 82.5 cm³/mol. The SMILES string of the molecule is CSc1nc(N2C[C@@H](C)N(C(=O)O)[C@H](C)C2)ncc1Br. The van der Waals surface area contributed by atoms with E-state index in [1.807, 2.05) is 25.0 Å². The first-order valence-corrected chi connectivity index (χ1v) is 8.28. The second-order valence-corrected chi connectivity index (χ2v) is 6.47. The zero-order valence-electron chi connectivity index (χ0n) is 11.6. The standard InChI is InChI=1S/C12H17BrN4O2S/c1-7-5-16(6-8(2)17(7)12(18)19)11-14-4-9(13)10(15-11)20-3/h4,7-8H,5-6H2,1-3H3,(H,18,19)/t7-,8-/m1/s1. The summed E-state index contributed by atoms with van der Waals surface area (Å²) < 4.78 is 0.874. The molecular formula is C12H17BrN4O2S. The van der Waals surface area contributed by atoms with Crippen molar-refractivity contribution in [3.8, 4) is 0 Å². The molecule has 1 aliphatic rings. The fraction of sp³-hybridized carbons (Fsp3) is 0.583. The summed E-state index contributed by atoms with van der Waals surface area (Å²) in [6.07, 6.45) is 2.84. The Balaban J connectivity index is 2.21. The van der Waals surface area contributed by atoms with Gasteiger partial charge < -0.3 is 10.0 Å². The van der Waals surface area contributed by atoms with Crippen molar-refractivity contribution >= 4 is 39.7 Å².